The number of carbonyl (C=O) groups excluding carboxylic acids is 1. The molecule has 2 unspecified atom stereocenters. The molecule has 3 aromatic rings. The number of rotatable bonds is 7. The first kappa shape index (κ1) is 25.2. The monoisotopic (exact) mass is 503 g/mol. The van der Waals surface area contributed by atoms with Gasteiger partial charge in [0.1, 0.15) is 28.5 Å². The first-order valence-corrected chi connectivity index (χ1v) is 12.2. The maximum Gasteiger partial charge on any atom is 0.258 e. The lowest BCUT2D eigenvalue weighted by molar-refractivity contribution is 0.0168. The number of halogens is 2. The first-order chi connectivity index (χ1) is 16.7. The Bertz CT molecular complexity index is 1240. The van der Waals surface area contributed by atoms with E-state index in [1.807, 2.05) is 32.1 Å². The van der Waals surface area contributed by atoms with Crippen LogP contribution in [-0.2, 0) is 4.74 Å². The molecule has 0 aliphatic carbocycles. The second kappa shape index (κ2) is 10.4. The van der Waals surface area contributed by atoms with E-state index in [1.165, 1.54) is 6.07 Å². The Morgan fingerprint density at radius 2 is 2.17 bits per heavy atom. The minimum absolute atomic E-state index is 0.0962. The third-order valence-electron chi connectivity index (χ3n) is 6.18. The molecule has 2 atom stereocenters. The number of nitrogens with two attached hydrogens (primary N) is 1. The molecule has 1 aliphatic rings. The minimum atomic E-state index is -0.821. The third-order valence-corrected chi connectivity index (χ3v) is 6.46. The molecule has 0 saturated carbocycles. The van der Waals surface area contributed by atoms with Crippen LogP contribution in [0.25, 0.3) is 5.52 Å². The van der Waals surface area contributed by atoms with Gasteiger partial charge in [0.05, 0.1) is 22.9 Å². The van der Waals surface area contributed by atoms with E-state index in [-0.39, 0.29) is 35.1 Å². The number of ether oxygens (including phenoxy) is 2. The molecule has 1 amide bonds. The highest BCUT2D eigenvalue weighted by molar-refractivity contribution is 6.31. The number of fused-ring (bicyclic) bond motifs is 1. The average Bonchev–Trinajstić information content (AvgIpc) is 3.17. The second-order valence-electron chi connectivity index (χ2n) is 9.14. The van der Waals surface area contributed by atoms with Gasteiger partial charge in [-0.2, -0.15) is 0 Å². The number of hydrogen-bond acceptors (Lipinski definition) is 6. The molecule has 35 heavy (non-hydrogen) atoms. The van der Waals surface area contributed by atoms with Crippen molar-refractivity contribution in [3.63, 3.8) is 0 Å². The molecule has 1 aromatic carbocycles. The number of aromatic nitrogens is 3. The third kappa shape index (κ3) is 5.06. The van der Waals surface area contributed by atoms with Crippen LogP contribution in [0.4, 0.5) is 10.2 Å². The summed E-state index contributed by atoms with van der Waals surface area (Å²) in [6.07, 6.45) is 5.84. The lowest BCUT2D eigenvalue weighted by atomic mass is 9.95. The number of imidazole rings is 1. The Morgan fingerprint density at radius 1 is 1.40 bits per heavy atom. The molecule has 1 saturated heterocycles. The molecular weight excluding hydrogens is 473 g/mol. The lowest BCUT2D eigenvalue weighted by Gasteiger charge is -2.24. The van der Waals surface area contributed by atoms with E-state index in [2.05, 4.69) is 10.3 Å². The van der Waals surface area contributed by atoms with Crippen LogP contribution < -0.4 is 15.8 Å². The van der Waals surface area contributed by atoms with Crippen molar-refractivity contribution in [3.05, 3.63) is 51.9 Å². The topological polar surface area (TPSA) is 104 Å². The molecule has 1 fully saturated rings. The van der Waals surface area contributed by atoms with Crippen LogP contribution in [0.5, 0.6) is 5.75 Å². The van der Waals surface area contributed by atoms with Crippen LogP contribution >= 0.6 is 11.6 Å². The van der Waals surface area contributed by atoms with Gasteiger partial charge in [0.15, 0.2) is 5.82 Å². The number of nitrogen functional groups attached to an aromatic ring is 1. The summed E-state index contributed by atoms with van der Waals surface area (Å²) in [5, 5.41) is 2.64. The summed E-state index contributed by atoms with van der Waals surface area (Å²) >= 11 is 6.31. The van der Waals surface area contributed by atoms with Crippen LogP contribution in [0, 0.1) is 12.7 Å². The summed E-state index contributed by atoms with van der Waals surface area (Å²) in [6.45, 7) is 8.33. The van der Waals surface area contributed by atoms with Crippen molar-refractivity contribution in [2.45, 2.75) is 65.1 Å². The van der Waals surface area contributed by atoms with Crippen molar-refractivity contribution in [2.75, 3.05) is 18.9 Å². The van der Waals surface area contributed by atoms with Crippen LogP contribution in [0.3, 0.4) is 0 Å². The minimum Gasteiger partial charge on any atom is -0.490 e. The number of nitrogens with one attached hydrogen (secondary N) is 1. The number of amides is 1. The fourth-order valence-corrected chi connectivity index (χ4v) is 4.70. The van der Waals surface area contributed by atoms with E-state index >= 15 is 4.39 Å². The van der Waals surface area contributed by atoms with Gasteiger partial charge in [-0.25, -0.2) is 14.4 Å². The second-order valence-corrected chi connectivity index (χ2v) is 9.55. The molecule has 8 nitrogen and oxygen atoms in total. The van der Waals surface area contributed by atoms with Gasteiger partial charge in [-0.15, -0.1) is 0 Å². The fourth-order valence-electron chi connectivity index (χ4n) is 4.49. The van der Waals surface area contributed by atoms with Gasteiger partial charge in [0, 0.05) is 37.0 Å². The average molecular weight is 504 g/mol. The molecule has 10 heteroatoms. The van der Waals surface area contributed by atoms with E-state index in [0.29, 0.717) is 35.0 Å². The molecular formula is C25H31ClFN5O3. The molecule has 4 rings (SSSR count). The van der Waals surface area contributed by atoms with Gasteiger partial charge in [-0.3, -0.25) is 9.20 Å². The summed E-state index contributed by atoms with van der Waals surface area (Å²) in [4.78, 5) is 22.1. The van der Waals surface area contributed by atoms with Crippen molar-refractivity contribution in [2.24, 2.45) is 0 Å². The van der Waals surface area contributed by atoms with Gasteiger partial charge >= 0.3 is 0 Å². The normalized spacial score (nSPS) is 17.1. The Labute approximate surface area is 209 Å². The van der Waals surface area contributed by atoms with Crippen molar-refractivity contribution in [1.82, 2.24) is 19.7 Å². The number of anilines is 1. The van der Waals surface area contributed by atoms with Gasteiger partial charge < -0.3 is 20.5 Å². The summed E-state index contributed by atoms with van der Waals surface area (Å²) in [7, 11) is 0. The number of benzene rings is 1. The Hall–Kier alpha value is -2.91. The molecule has 0 radical (unpaired) electrons. The quantitative estimate of drug-likeness (QED) is 0.486. The van der Waals surface area contributed by atoms with E-state index in [1.54, 1.807) is 12.4 Å². The van der Waals surface area contributed by atoms with Crippen LogP contribution in [0.2, 0.25) is 5.02 Å². The van der Waals surface area contributed by atoms with Crippen LogP contribution in [0.15, 0.2) is 18.5 Å². The smallest absolute Gasteiger partial charge is 0.258 e. The fraction of sp³-hybridized carbons (Fsp3) is 0.480. The molecule has 0 spiro atoms. The first-order valence-electron chi connectivity index (χ1n) is 11.9. The number of hydrogen-bond donors (Lipinski definition) is 2. The summed E-state index contributed by atoms with van der Waals surface area (Å²) in [5.74, 6) is -0.675. The summed E-state index contributed by atoms with van der Waals surface area (Å²) in [6, 6.07) is 1.50. The highest BCUT2D eigenvalue weighted by Gasteiger charge is 2.30. The molecule has 0 bridgehead atoms. The predicted molar refractivity (Wildman–Crippen MR) is 133 cm³/mol. The van der Waals surface area contributed by atoms with Crippen molar-refractivity contribution < 1.29 is 18.7 Å². The molecule has 3 N–H and O–H groups in total. The maximum absolute atomic E-state index is 15.3. The zero-order valence-electron chi connectivity index (χ0n) is 20.4. The lowest BCUT2D eigenvalue weighted by Crippen LogP contribution is -2.36. The zero-order valence-corrected chi connectivity index (χ0v) is 21.2. The van der Waals surface area contributed by atoms with Crippen LogP contribution in [0.1, 0.15) is 73.4 Å². The molecule has 2 aromatic heterocycles. The van der Waals surface area contributed by atoms with Crippen molar-refractivity contribution in [3.8, 4) is 5.75 Å². The van der Waals surface area contributed by atoms with Gasteiger partial charge in [0.2, 0.25) is 0 Å². The zero-order chi connectivity index (χ0) is 25.3. The SMILES string of the molecule is Cc1nc(C(C)c2cc(Cl)c(F)c(C(=O)NCC3CCCCO3)c2OC(C)C)n2ccnc(N)c12. The van der Waals surface area contributed by atoms with E-state index in [9.17, 15) is 4.79 Å². The predicted octanol–water partition coefficient (Wildman–Crippen LogP) is 4.65. The molecule has 1 aliphatic heterocycles. The van der Waals surface area contributed by atoms with E-state index in [0.717, 1.165) is 19.3 Å². The number of aryl methyl sites for hydroxylation is 1. The van der Waals surface area contributed by atoms with Crippen molar-refractivity contribution >= 4 is 28.8 Å². The molecule has 3 heterocycles. The van der Waals surface area contributed by atoms with Gasteiger partial charge in [-0.05, 0) is 46.1 Å². The van der Waals surface area contributed by atoms with Crippen molar-refractivity contribution in [1.29, 1.82) is 0 Å². The summed E-state index contributed by atoms with van der Waals surface area (Å²) in [5.41, 5.74) is 7.81. The number of nitrogens with zero attached hydrogens (tertiary/aromatic N) is 3. The summed E-state index contributed by atoms with van der Waals surface area (Å²) < 4.78 is 28.9. The standard InChI is InChI=1S/C25H31ClFN5O3/c1-13(2)35-22-17(14(3)24-31-15(4)21-23(28)29-8-9-32(21)24)11-18(26)20(27)19(22)25(33)30-12-16-7-5-6-10-34-16/h8-9,11,13-14,16H,5-7,10,12H2,1-4H3,(H2,28,29)(H,30,33). The van der Waals surface area contributed by atoms with Gasteiger partial charge in [0.25, 0.3) is 5.91 Å². The maximum atomic E-state index is 15.3. The van der Waals surface area contributed by atoms with E-state index in [4.69, 9.17) is 31.8 Å². The Kier molecular flexibility index (Phi) is 7.47. The Morgan fingerprint density at radius 3 is 2.86 bits per heavy atom. The van der Waals surface area contributed by atoms with Gasteiger partial charge in [-0.1, -0.05) is 18.5 Å². The molecule has 188 valence electrons. The highest BCUT2D eigenvalue weighted by atomic mass is 35.5. The number of carbonyl (C=O) groups is 1. The Balaban J connectivity index is 1.78. The highest BCUT2D eigenvalue weighted by Crippen LogP contribution is 2.40. The van der Waals surface area contributed by atoms with E-state index < -0.39 is 17.6 Å². The van der Waals surface area contributed by atoms with Crippen LogP contribution in [-0.4, -0.2) is 45.6 Å². The largest absolute Gasteiger partial charge is 0.490 e.